The molecule has 0 aromatic carbocycles. The van der Waals surface area contributed by atoms with Gasteiger partial charge in [-0.3, -0.25) is 4.79 Å². The number of hydrogen-bond donors (Lipinski definition) is 2. The van der Waals surface area contributed by atoms with Crippen molar-refractivity contribution in [1.82, 2.24) is 10.2 Å². The molecule has 0 aromatic rings. The Morgan fingerprint density at radius 2 is 2.06 bits per heavy atom. The molecule has 0 aliphatic heterocycles. The van der Waals surface area contributed by atoms with Crippen molar-refractivity contribution in [2.45, 2.75) is 31.7 Å². The first-order valence-corrected chi connectivity index (χ1v) is 5.89. The number of carboxylic acids is 1. The summed E-state index contributed by atoms with van der Waals surface area (Å²) in [5.41, 5.74) is 0. The lowest BCUT2D eigenvalue weighted by Crippen LogP contribution is -2.47. The van der Waals surface area contributed by atoms with Crippen molar-refractivity contribution in [1.29, 1.82) is 0 Å². The maximum Gasteiger partial charge on any atom is 0.323 e. The van der Waals surface area contributed by atoms with Crippen molar-refractivity contribution >= 4 is 12.0 Å². The third-order valence-corrected chi connectivity index (χ3v) is 2.86. The first-order valence-electron chi connectivity index (χ1n) is 5.89. The Morgan fingerprint density at radius 1 is 1.41 bits per heavy atom. The number of ether oxygens (including phenoxy) is 1. The van der Waals surface area contributed by atoms with E-state index in [0.29, 0.717) is 13.2 Å². The maximum absolute atomic E-state index is 11.8. The quantitative estimate of drug-likeness (QED) is 0.720. The van der Waals surface area contributed by atoms with E-state index in [4.69, 9.17) is 9.84 Å². The number of methoxy groups -OCH3 is 1. The van der Waals surface area contributed by atoms with Gasteiger partial charge in [0.15, 0.2) is 0 Å². The number of carboxylic acid groups (broad SMARTS) is 1. The van der Waals surface area contributed by atoms with Crippen molar-refractivity contribution < 1.29 is 19.4 Å². The van der Waals surface area contributed by atoms with E-state index in [9.17, 15) is 9.59 Å². The lowest BCUT2D eigenvalue weighted by molar-refractivity contribution is -0.137. The summed E-state index contributed by atoms with van der Waals surface area (Å²) < 4.78 is 4.86. The van der Waals surface area contributed by atoms with Gasteiger partial charge in [-0.05, 0) is 12.8 Å². The number of carbonyl (C=O) groups is 2. The van der Waals surface area contributed by atoms with Crippen LogP contribution in [-0.4, -0.2) is 54.9 Å². The third kappa shape index (κ3) is 5.04. The van der Waals surface area contributed by atoms with Crippen molar-refractivity contribution in [3.05, 3.63) is 0 Å². The summed E-state index contributed by atoms with van der Waals surface area (Å²) in [5.74, 6) is -1.01. The zero-order chi connectivity index (χ0) is 12.7. The second kappa shape index (κ2) is 7.11. The van der Waals surface area contributed by atoms with E-state index in [-0.39, 0.29) is 18.6 Å². The van der Waals surface area contributed by atoms with Crippen LogP contribution in [0.15, 0.2) is 0 Å². The van der Waals surface area contributed by atoms with Crippen LogP contribution < -0.4 is 5.32 Å². The normalized spacial score (nSPS) is 15.8. The molecule has 1 rings (SSSR count). The zero-order valence-electron chi connectivity index (χ0n) is 10.1. The highest BCUT2D eigenvalue weighted by Gasteiger charge is 2.21. The van der Waals surface area contributed by atoms with Gasteiger partial charge in [0.05, 0.1) is 6.61 Å². The predicted molar refractivity (Wildman–Crippen MR) is 61.9 cm³/mol. The lowest BCUT2D eigenvalue weighted by Gasteiger charge is -2.23. The Labute approximate surface area is 101 Å². The van der Waals surface area contributed by atoms with Gasteiger partial charge in [-0.25, -0.2) is 4.79 Å². The fraction of sp³-hybridized carbons (Fsp3) is 0.818. The molecule has 2 N–H and O–H groups in total. The van der Waals surface area contributed by atoms with Crippen LogP contribution in [0.4, 0.5) is 4.79 Å². The topological polar surface area (TPSA) is 78.9 Å². The van der Waals surface area contributed by atoms with E-state index in [2.05, 4.69) is 5.32 Å². The standard InChI is InChI=1S/C11H20N2O4/c1-17-7-6-13(8-10(14)15)11(16)12-9-4-2-3-5-9/h9H,2-8H2,1H3,(H,12,16)(H,14,15). The second-order valence-electron chi connectivity index (χ2n) is 4.24. The van der Waals surface area contributed by atoms with Crippen molar-refractivity contribution in [3.63, 3.8) is 0 Å². The highest BCUT2D eigenvalue weighted by atomic mass is 16.5. The maximum atomic E-state index is 11.8. The highest BCUT2D eigenvalue weighted by molar-refractivity contribution is 5.80. The summed E-state index contributed by atoms with van der Waals surface area (Å²) >= 11 is 0. The van der Waals surface area contributed by atoms with Gasteiger partial charge >= 0.3 is 12.0 Å². The molecule has 0 radical (unpaired) electrons. The van der Waals surface area contributed by atoms with E-state index in [0.717, 1.165) is 25.7 Å². The molecule has 0 unspecified atom stereocenters. The largest absolute Gasteiger partial charge is 0.480 e. The number of nitrogens with zero attached hydrogens (tertiary/aromatic N) is 1. The summed E-state index contributed by atoms with van der Waals surface area (Å²) in [6.07, 6.45) is 4.22. The lowest BCUT2D eigenvalue weighted by atomic mass is 10.2. The van der Waals surface area contributed by atoms with E-state index in [1.165, 1.54) is 12.0 Å². The van der Waals surface area contributed by atoms with Gasteiger partial charge in [0.25, 0.3) is 0 Å². The zero-order valence-corrected chi connectivity index (χ0v) is 10.1. The molecule has 1 saturated carbocycles. The van der Waals surface area contributed by atoms with Crippen LogP contribution in [-0.2, 0) is 9.53 Å². The summed E-state index contributed by atoms with van der Waals surface area (Å²) in [5, 5.41) is 11.6. The first-order chi connectivity index (χ1) is 8.13. The minimum atomic E-state index is -1.01. The fourth-order valence-electron chi connectivity index (χ4n) is 1.95. The summed E-state index contributed by atoms with van der Waals surface area (Å²) in [6, 6.07) is -0.113. The van der Waals surface area contributed by atoms with Gasteiger partial charge in [-0.15, -0.1) is 0 Å². The number of carbonyl (C=O) groups excluding carboxylic acids is 1. The first kappa shape index (κ1) is 13.8. The Kier molecular flexibility index (Phi) is 5.76. The molecule has 6 nitrogen and oxygen atoms in total. The van der Waals surface area contributed by atoms with E-state index in [1.807, 2.05) is 0 Å². The van der Waals surface area contributed by atoms with Crippen molar-refractivity contribution in [2.24, 2.45) is 0 Å². The minimum absolute atomic E-state index is 0.196. The van der Waals surface area contributed by atoms with Crippen molar-refractivity contribution in [3.8, 4) is 0 Å². The van der Waals surface area contributed by atoms with Gasteiger partial charge in [-0.1, -0.05) is 12.8 Å². The fourth-order valence-corrected chi connectivity index (χ4v) is 1.95. The molecule has 0 bridgehead atoms. The van der Waals surface area contributed by atoms with Gasteiger partial charge in [0, 0.05) is 19.7 Å². The average Bonchev–Trinajstić information content (AvgIpc) is 2.76. The smallest absolute Gasteiger partial charge is 0.323 e. The summed E-state index contributed by atoms with van der Waals surface area (Å²) in [7, 11) is 1.52. The van der Waals surface area contributed by atoms with Gasteiger partial charge in [0.1, 0.15) is 6.54 Å². The van der Waals surface area contributed by atoms with Crippen LogP contribution in [0.25, 0.3) is 0 Å². The van der Waals surface area contributed by atoms with Crippen molar-refractivity contribution in [2.75, 3.05) is 26.8 Å². The Bertz CT molecular complexity index is 264. The molecule has 2 amide bonds. The molecular weight excluding hydrogens is 224 g/mol. The highest BCUT2D eigenvalue weighted by Crippen LogP contribution is 2.17. The van der Waals surface area contributed by atoms with E-state index < -0.39 is 5.97 Å². The molecule has 0 atom stereocenters. The Balaban J connectivity index is 2.42. The minimum Gasteiger partial charge on any atom is -0.480 e. The molecule has 17 heavy (non-hydrogen) atoms. The predicted octanol–water partition coefficient (Wildman–Crippen LogP) is 0.672. The number of amides is 2. The molecule has 0 heterocycles. The van der Waals surface area contributed by atoms with Crippen LogP contribution in [0, 0.1) is 0 Å². The Hall–Kier alpha value is -1.30. The number of aliphatic carboxylic acids is 1. The van der Waals surface area contributed by atoms with Gasteiger partial charge < -0.3 is 20.1 Å². The van der Waals surface area contributed by atoms with Gasteiger partial charge in [0.2, 0.25) is 0 Å². The van der Waals surface area contributed by atoms with Gasteiger partial charge in [-0.2, -0.15) is 0 Å². The summed E-state index contributed by atoms with van der Waals surface area (Å²) in [6.45, 7) is 0.342. The van der Waals surface area contributed by atoms with E-state index >= 15 is 0 Å². The molecule has 0 spiro atoms. The monoisotopic (exact) mass is 244 g/mol. The number of urea groups is 1. The molecular formula is C11H20N2O4. The third-order valence-electron chi connectivity index (χ3n) is 2.86. The molecule has 1 fully saturated rings. The Morgan fingerprint density at radius 3 is 2.59 bits per heavy atom. The number of rotatable bonds is 6. The molecule has 6 heteroatoms. The number of nitrogens with one attached hydrogen (secondary N) is 1. The van der Waals surface area contributed by atoms with Crippen LogP contribution in [0.5, 0.6) is 0 Å². The molecule has 1 aliphatic carbocycles. The summed E-state index contributed by atoms with van der Waals surface area (Å²) in [4.78, 5) is 23.8. The second-order valence-corrected chi connectivity index (χ2v) is 4.24. The van der Waals surface area contributed by atoms with Crippen LogP contribution in [0.3, 0.4) is 0 Å². The van der Waals surface area contributed by atoms with Crippen LogP contribution >= 0.6 is 0 Å². The van der Waals surface area contributed by atoms with Crippen LogP contribution in [0.1, 0.15) is 25.7 Å². The van der Waals surface area contributed by atoms with E-state index in [1.54, 1.807) is 0 Å². The van der Waals surface area contributed by atoms with Crippen LogP contribution in [0.2, 0.25) is 0 Å². The molecule has 98 valence electrons. The molecule has 0 aromatic heterocycles. The number of hydrogen-bond acceptors (Lipinski definition) is 3. The molecule has 1 aliphatic rings. The molecule has 0 saturated heterocycles. The SMILES string of the molecule is COCCN(CC(=O)O)C(=O)NC1CCCC1. The average molecular weight is 244 g/mol.